The molecular weight excluding hydrogens is 78.0 g/mol. The van der Waals surface area contributed by atoms with Gasteiger partial charge in [-0.15, -0.1) is 0 Å². The highest BCUT2D eigenvalue weighted by molar-refractivity contribution is 5.24. The second kappa shape index (κ2) is 1.05. The fraction of sp³-hybridized carbons (Fsp3) is 0.750. The largest absolute Gasteiger partial charge is 0.346 e. The van der Waals surface area contributed by atoms with Crippen LogP contribution in [0, 0.1) is 0 Å². The third kappa shape index (κ3) is 0.431. The van der Waals surface area contributed by atoms with Gasteiger partial charge < -0.3 is 4.74 Å². The number of hydrogen-bond donors (Lipinski definition) is 0. The van der Waals surface area contributed by atoms with Crippen LogP contribution in [0.15, 0.2) is 4.99 Å². The highest BCUT2D eigenvalue weighted by Gasteiger charge is 2.32. The van der Waals surface area contributed by atoms with Crippen LogP contribution in [0.4, 0.5) is 0 Å². The van der Waals surface area contributed by atoms with Crippen LogP contribution in [0.25, 0.3) is 0 Å². The first-order chi connectivity index (χ1) is 2.84. The Balaban J connectivity index is 2.25. The summed E-state index contributed by atoms with van der Waals surface area (Å²) in [7, 11) is 0. The molecule has 0 aromatic carbocycles. The lowest BCUT2D eigenvalue weighted by Gasteiger charge is -1.66. The van der Waals surface area contributed by atoms with Crippen molar-refractivity contribution in [2.75, 3.05) is 0 Å². The van der Waals surface area contributed by atoms with E-state index >= 15 is 0 Å². The van der Waals surface area contributed by atoms with E-state index in [0.29, 0.717) is 6.10 Å². The molecule has 0 aliphatic carbocycles. The van der Waals surface area contributed by atoms with E-state index in [1.165, 1.54) is 0 Å². The fourth-order valence-electron chi connectivity index (χ4n) is 0.366. The molecule has 1 aliphatic rings. The summed E-state index contributed by atoms with van der Waals surface area (Å²) in [5.74, 6) is 0. The van der Waals surface area contributed by atoms with Crippen LogP contribution in [-0.2, 0) is 4.74 Å². The van der Waals surface area contributed by atoms with Crippen molar-refractivity contribution in [3.8, 4) is 0 Å². The van der Waals surface area contributed by atoms with E-state index in [-0.39, 0.29) is 6.23 Å². The molecule has 0 saturated carbocycles. The molecule has 0 aromatic rings. The van der Waals surface area contributed by atoms with Crippen LogP contribution in [-0.4, -0.2) is 19.0 Å². The molecule has 2 heteroatoms. The predicted molar refractivity (Wildman–Crippen MR) is 23.9 cm³/mol. The zero-order valence-corrected chi connectivity index (χ0v) is 3.72. The third-order valence-corrected chi connectivity index (χ3v) is 0.859. The number of nitrogens with zero attached hydrogens (tertiary/aromatic N) is 1. The molecule has 0 spiro atoms. The lowest BCUT2D eigenvalue weighted by molar-refractivity contribution is 0.384. The second-order valence-electron chi connectivity index (χ2n) is 1.41. The van der Waals surface area contributed by atoms with Crippen molar-refractivity contribution in [2.24, 2.45) is 4.99 Å². The molecule has 34 valence electrons. The van der Waals surface area contributed by atoms with Gasteiger partial charge in [0.15, 0.2) is 6.23 Å². The monoisotopic (exact) mass is 85.1 g/mol. The van der Waals surface area contributed by atoms with E-state index in [2.05, 4.69) is 11.7 Å². The molecule has 2 unspecified atom stereocenters. The van der Waals surface area contributed by atoms with E-state index in [4.69, 9.17) is 4.74 Å². The lowest BCUT2D eigenvalue weighted by Crippen LogP contribution is -1.78. The molecule has 1 fully saturated rings. The SMILES string of the molecule is C=NC1OC1C. The Morgan fingerprint density at radius 1 is 1.83 bits per heavy atom. The van der Waals surface area contributed by atoms with E-state index in [9.17, 15) is 0 Å². The summed E-state index contributed by atoms with van der Waals surface area (Å²) in [6, 6.07) is 0. The Morgan fingerprint density at radius 2 is 2.33 bits per heavy atom. The summed E-state index contributed by atoms with van der Waals surface area (Å²) in [6.45, 7) is 5.27. The van der Waals surface area contributed by atoms with Gasteiger partial charge in [0.1, 0.15) is 6.10 Å². The zero-order valence-electron chi connectivity index (χ0n) is 3.72. The first-order valence-electron chi connectivity index (χ1n) is 1.96. The number of rotatable bonds is 1. The van der Waals surface area contributed by atoms with Gasteiger partial charge in [-0.1, -0.05) is 0 Å². The highest BCUT2D eigenvalue weighted by Crippen LogP contribution is 2.20. The minimum absolute atomic E-state index is 0.116. The molecule has 0 radical (unpaired) electrons. The second-order valence-corrected chi connectivity index (χ2v) is 1.41. The normalized spacial score (nSPS) is 42.2. The zero-order chi connectivity index (χ0) is 4.57. The Labute approximate surface area is 36.8 Å². The van der Waals surface area contributed by atoms with Crippen LogP contribution in [0.2, 0.25) is 0 Å². The smallest absolute Gasteiger partial charge is 0.173 e. The average Bonchev–Trinajstić information content (AvgIpc) is 2.19. The molecular formula is C4H7NO. The van der Waals surface area contributed by atoms with Gasteiger partial charge in [0.25, 0.3) is 0 Å². The third-order valence-electron chi connectivity index (χ3n) is 0.859. The Hall–Kier alpha value is -0.370. The molecule has 6 heavy (non-hydrogen) atoms. The summed E-state index contributed by atoms with van der Waals surface area (Å²) in [5, 5.41) is 0. The van der Waals surface area contributed by atoms with Crippen LogP contribution >= 0.6 is 0 Å². The lowest BCUT2D eigenvalue weighted by atomic mass is 10.5. The van der Waals surface area contributed by atoms with Gasteiger partial charge in [-0.25, -0.2) is 0 Å². The predicted octanol–water partition coefficient (Wildman–Crippen LogP) is 0.432. The Kier molecular flexibility index (Phi) is 0.665. The maximum Gasteiger partial charge on any atom is 0.173 e. The van der Waals surface area contributed by atoms with Crippen molar-refractivity contribution in [1.82, 2.24) is 0 Å². The van der Waals surface area contributed by atoms with Crippen LogP contribution in [0.3, 0.4) is 0 Å². The summed E-state index contributed by atoms with van der Waals surface area (Å²) in [6.07, 6.45) is 0.451. The number of hydrogen-bond acceptors (Lipinski definition) is 2. The molecule has 0 aromatic heterocycles. The van der Waals surface area contributed by atoms with E-state index in [0.717, 1.165) is 0 Å². The maximum atomic E-state index is 4.84. The summed E-state index contributed by atoms with van der Waals surface area (Å²) in [4.78, 5) is 3.61. The minimum Gasteiger partial charge on any atom is -0.346 e. The van der Waals surface area contributed by atoms with E-state index < -0.39 is 0 Å². The fourth-order valence-corrected chi connectivity index (χ4v) is 0.366. The summed E-state index contributed by atoms with van der Waals surface area (Å²) in [5.41, 5.74) is 0. The molecule has 2 atom stereocenters. The average molecular weight is 85.1 g/mol. The number of ether oxygens (including phenoxy) is 1. The first kappa shape index (κ1) is 3.81. The van der Waals surface area contributed by atoms with Crippen molar-refractivity contribution in [1.29, 1.82) is 0 Å². The van der Waals surface area contributed by atoms with Gasteiger partial charge >= 0.3 is 0 Å². The van der Waals surface area contributed by atoms with Crippen molar-refractivity contribution >= 4 is 6.72 Å². The summed E-state index contributed by atoms with van der Waals surface area (Å²) < 4.78 is 4.84. The van der Waals surface area contributed by atoms with Gasteiger partial charge in [-0.2, -0.15) is 0 Å². The Bertz CT molecular complexity index is 71.9. The van der Waals surface area contributed by atoms with Gasteiger partial charge in [-0.3, -0.25) is 4.99 Å². The molecule has 0 amide bonds. The van der Waals surface area contributed by atoms with Crippen LogP contribution in [0.5, 0.6) is 0 Å². The highest BCUT2D eigenvalue weighted by atomic mass is 16.6. The van der Waals surface area contributed by atoms with Crippen molar-refractivity contribution in [2.45, 2.75) is 19.3 Å². The Morgan fingerprint density at radius 3 is 2.33 bits per heavy atom. The van der Waals surface area contributed by atoms with Crippen molar-refractivity contribution < 1.29 is 4.74 Å². The van der Waals surface area contributed by atoms with E-state index in [1.807, 2.05) is 6.92 Å². The molecule has 1 aliphatic heterocycles. The number of aliphatic imine (C=N–C) groups is 1. The van der Waals surface area contributed by atoms with Gasteiger partial charge in [0, 0.05) is 0 Å². The molecule has 0 N–H and O–H groups in total. The molecule has 2 nitrogen and oxygen atoms in total. The standard InChI is InChI=1S/C4H7NO/c1-3-4(5-2)6-3/h3-4H,2H2,1H3. The van der Waals surface area contributed by atoms with Gasteiger partial charge in [0.05, 0.1) is 0 Å². The molecule has 1 rings (SSSR count). The van der Waals surface area contributed by atoms with Crippen molar-refractivity contribution in [3.05, 3.63) is 0 Å². The van der Waals surface area contributed by atoms with Crippen LogP contribution in [0.1, 0.15) is 6.92 Å². The molecule has 0 bridgehead atoms. The van der Waals surface area contributed by atoms with Crippen LogP contribution < -0.4 is 0 Å². The molecule has 1 saturated heterocycles. The quantitative estimate of drug-likeness (QED) is 0.335. The van der Waals surface area contributed by atoms with E-state index in [1.54, 1.807) is 0 Å². The minimum atomic E-state index is 0.116. The topological polar surface area (TPSA) is 24.9 Å². The summed E-state index contributed by atoms with van der Waals surface area (Å²) >= 11 is 0. The number of epoxide rings is 1. The maximum absolute atomic E-state index is 4.84. The molecule has 1 heterocycles. The van der Waals surface area contributed by atoms with Gasteiger partial charge in [-0.05, 0) is 13.6 Å². The van der Waals surface area contributed by atoms with Gasteiger partial charge in [0.2, 0.25) is 0 Å². The van der Waals surface area contributed by atoms with Crippen molar-refractivity contribution in [3.63, 3.8) is 0 Å². The first-order valence-corrected chi connectivity index (χ1v) is 1.96.